The fourth-order valence-corrected chi connectivity index (χ4v) is 6.81. The van der Waals surface area contributed by atoms with Gasteiger partial charge < -0.3 is 19.9 Å². The van der Waals surface area contributed by atoms with Crippen LogP contribution < -0.4 is 10.1 Å². The minimum atomic E-state index is -0.808. The molecular formula is C32H45N3O4. The van der Waals surface area contributed by atoms with Gasteiger partial charge in [-0.1, -0.05) is 39.0 Å². The van der Waals surface area contributed by atoms with E-state index >= 15 is 0 Å². The zero-order valence-electron chi connectivity index (χ0n) is 24.0. The van der Waals surface area contributed by atoms with Gasteiger partial charge in [0.2, 0.25) is 0 Å². The summed E-state index contributed by atoms with van der Waals surface area (Å²) in [6.07, 6.45) is 8.06. The maximum absolute atomic E-state index is 12.7. The SMILES string of the molecule is C[C@H]1CCOc2cccc([C@H](C(=O)O)N(C)[C@@H]3C[C@@H](OCCCCc4ccc5c(n4)NCCC5)C(C)(C)C3)c21. The Bertz CT molecular complexity index is 1170. The van der Waals surface area contributed by atoms with Crippen molar-refractivity contribution in [3.8, 4) is 5.75 Å². The molecule has 3 aliphatic rings. The second-order valence-corrected chi connectivity index (χ2v) is 12.4. The fraction of sp³-hybridized carbons (Fsp3) is 0.625. The number of carboxylic acids is 1. The second-order valence-electron chi connectivity index (χ2n) is 12.4. The minimum absolute atomic E-state index is 0.0137. The van der Waals surface area contributed by atoms with E-state index in [-0.39, 0.29) is 23.5 Å². The molecule has 1 aromatic carbocycles. The molecule has 2 aromatic rings. The molecule has 0 radical (unpaired) electrons. The summed E-state index contributed by atoms with van der Waals surface area (Å²) in [7, 11) is 1.97. The molecule has 2 N–H and O–H groups in total. The average molecular weight is 536 g/mol. The Balaban J connectivity index is 1.17. The Morgan fingerprint density at radius 1 is 1.28 bits per heavy atom. The predicted octanol–water partition coefficient (Wildman–Crippen LogP) is 5.98. The van der Waals surface area contributed by atoms with Crippen molar-refractivity contribution in [2.75, 3.05) is 32.1 Å². The van der Waals surface area contributed by atoms with Crippen LogP contribution in [-0.2, 0) is 22.4 Å². The van der Waals surface area contributed by atoms with Gasteiger partial charge in [0.25, 0.3) is 0 Å². The zero-order valence-corrected chi connectivity index (χ0v) is 24.0. The number of ether oxygens (including phenoxy) is 2. The van der Waals surface area contributed by atoms with Gasteiger partial charge in [-0.25, -0.2) is 4.98 Å². The first kappa shape index (κ1) is 27.9. The van der Waals surface area contributed by atoms with Crippen LogP contribution in [0.5, 0.6) is 5.75 Å². The molecule has 7 heteroatoms. The van der Waals surface area contributed by atoms with Crippen LogP contribution in [0.2, 0.25) is 0 Å². The Morgan fingerprint density at radius 3 is 2.95 bits per heavy atom. The van der Waals surface area contributed by atoms with Gasteiger partial charge >= 0.3 is 5.97 Å². The topological polar surface area (TPSA) is 83.9 Å². The van der Waals surface area contributed by atoms with Gasteiger partial charge in [-0.05, 0) is 93.0 Å². The lowest BCUT2D eigenvalue weighted by Gasteiger charge is -2.34. The number of rotatable bonds is 10. The van der Waals surface area contributed by atoms with Crippen molar-refractivity contribution < 1.29 is 19.4 Å². The van der Waals surface area contributed by atoms with Crippen molar-refractivity contribution in [1.82, 2.24) is 9.88 Å². The number of pyridine rings is 1. The van der Waals surface area contributed by atoms with Crippen molar-refractivity contribution in [3.63, 3.8) is 0 Å². The third-order valence-electron chi connectivity index (χ3n) is 9.13. The van der Waals surface area contributed by atoms with E-state index in [1.54, 1.807) is 0 Å². The van der Waals surface area contributed by atoms with Crippen LogP contribution in [0.1, 0.15) is 93.6 Å². The molecule has 7 nitrogen and oxygen atoms in total. The normalized spacial score (nSPS) is 24.4. The zero-order chi connectivity index (χ0) is 27.6. The summed E-state index contributed by atoms with van der Waals surface area (Å²) < 4.78 is 12.4. The first-order valence-corrected chi connectivity index (χ1v) is 14.8. The van der Waals surface area contributed by atoms with Gasteiger partial charge in [0.05, 0.1) is 12.7 Å². The maximum atomic E-state index is 12.7. The van der Waals surface area contributed by atoms with Crippen molar-refractivity contribution in [1.29, 1.82) is 0 Å². The lowest BCUT2D eigenvalue weighted by atomic mass is 9.86. The summed E-state index contributed by atoms with van der Waals surface area (Å²) in [5.74, 6) is 1.37. The van der Waals surface area contributed by atoms with Crippen molar-refractivity contribution >= 4 is 11.8 Å². The van der Waals surface area contributed by atoms with Crippen LogP contribution in [0.3, 0.4) is 0 Å². The van der Waals surface area contributed by atoms with Crippen LogP contribution in [-0.4, -0.2) is 59.9 Å². The predicted molar refractivity (Wildman–Crippen MR) is 154 cm³/mol. The number of aryl methyl sites for hydroxylation is 2. The molecule has 0 spiro atoms. The number of carboxylic acid groups (broad SMARTS) is 1. The molecule has 0 amide bonds. The quantitative estimate of drug-likeness (QED) is 0.362. The van der Waals surface area contributed by atoms with E-state index in [1.165, 1.54) is 12.0 Å². The van der Waals surface area contributed by atoms with Crippen molar-refractivity contribution in [2.24, 2.45) is 5.41 Å². The van der Waals surface area contributed by atoms with Crippen LogP contribution in [0.4, 0.5) is 5.82 Å². The van der Waals surface area contributed by atoms with Crippen LogP contribution in [0.15, 0.2) is 30.3 Å². The molecule has 1 fully saturated rings. The molecule has 1 saturated carbocycles. The maximum Gasteiger partial charge on any atom is 0.325 e. The summed E-state index contributed by atoms with van der Waals surface area (Å²) in [6.45, 7) is 9.10. The number of fused-ring (bicyclic) bond motifs is 2. The molecule has 5 rings (SSSR count). The molecule has 1 aromatic heterocycles. The number of hydrogen-bond donors (Lipinski definition) is 2. The highest BCUT2D eigenvalue weighted by Crippen LogP contribution is 2.45. The van der Waals surface area contributed by atoms with Gasteiger partial charge in [0.15, 0.2) is 0 Å². The second kappa shape index (κ2) is 11.8. The Labute approximate surface area is 233 Å². The number of aliphatic carboxylic acids is 1. The Kier molecular flexibility index (Phi) is 8.48. The van der Waals surface area contributed by atoms with E-state index in [1.807, 2.05) is 25.2 Å². The number of unbranched alkanes of at least 4 members (excludes halogenated alkanes) is 1. The smallest absolute Gasteiger partial charge is 0.325 e. The van der Waals surface area contributed by atoms with Gasteiger partial charge in [0, 0.05) is 30.5 Å². The number of aromatic nitrogens is 1. The Hall–Kier alpha value is -2.64. The van der Waals surface area contributed by atoms with Crippen molar-refractivity contribution in [2.45, 2.75) is 96.2 Å². The summed E-state index contributed by atoms with van der Waals surface area (Å²) in [6, 6.07) is 9.69. The highest BCUT2D eigenvalue weighted by Gasteiger charge is 2.45. The lowest BCUT2D eigenvalue weighted by molar-refractivity contribution is -0.144. The molecule has 1 aliphatic carbocycles. The summed E-state index contributed by atoms with van der Waals surface area (Å²) in [5, 5.41) is 13.8. The molecule has 0 bridgehead atoms. The standard InChI is InChI=1S/C32H45N3O4/c1-21-15-18-38-26-12-7-11-25(28(21)26)29(31(36)37)35(4)24-19-27(32(2,3)20-24)39-17-6-5-10-23-14-13-22-9-8-16-33-30(22)34-23/h7,11-14,21,24,27,29H,5-6,8-10,15-20H2,1-4H3,(H,33,34)(H,36,37)/t21-,24+,27+,29+/m0/s1. The summed E-state index contributed by atoms with van der Waals surface area (Å²) in [5.41, 5.74) is 4.38. The number of likely N-dealkylation sites (N-methyl/N-ethyl adjacent to an activating group) is 1. The molecule has 4 atom stereocenters. The number of anilines is 1. The van der Waals surface area contributed by atoms with Gasteiger partial charge in [-0.3, -0.25) is 9.69 Å². The number of benzene rings is 1. The van der Waals surface area contributed by atoms with E-state index in [2.05, 4.69) is 43.1 Å². The molecule has 3 heterocycles. The number of nitrogens with one attached hydrogen (secondary N) is 1. The third-order valence-corrected chi connectivity index (χ3v) is 9.13. The van der Waals surface area contributed by atoms with Gasteiger partial charge in [0.1, 0.15) is 17.6 Å². The molecular weight excluding hydrogens is 490 g/mol. The van der Waals surface area contributed by atoms with Gasteiger partial charge in [-0.2, -0.15) is 0 Å². The molecule has 212 valence electrons. The molecule has 39 heavy (non-hydrogen) atoms. The van der Waals surface area contributed by atoms with Crippen LogP contribution >= 0.6 is 0 Å². The molecule has 0 unspecified atom stereocenters. The van der Waals surface area contributed by atoms with Crippen LogP contribution in [0, 0.1) is 5.41 Å². The summed E-state index contributed by atoms with van der Waals surface area (Å²) in [4.78, 5) is 19.5. The first-order valence-electron chi connectivity index (χ1n) is 14.8. The summed E-state index contributed by atoms with van der Waals surface area (Å²) >= 11 is 0. The van der Waals surface area contributed by atoms with E-state index in [0.29, 0.717) is 6.61 Å². The number of hydrogen-bond acceptors (Lipinski definition) is 6. The van der Waals surface area contributed by atoms with E-state index in [9.17, 15) is 9.90 Å². The highest BCUT2D eigenvalue weighted by molar-refractivity contribution is 5.77. The fourth-order valence-electron chi connectivity index (χ4n) is 6.81. The van der Waals surface area contributed by atoms with Crippen molar-refractivity contribution in [3.05, 3.63) is 52.7 Å². The van der Waals surface area contributed by atoms with E-state index < -0.39 is 12.0 Å². The minimum Gasteiger partial charge on any atom is -0.493 e. The van der Waals surface area contributed by atoms with Crippen LogP contribution in [0.25, 0.3) is 0 Å². The average Bonchev–Trinajstić information content (AvgIpc) is 3.22. The first-order chi connectivity index (χ1) is 18.7. The Morgan fingerprint density at radius 2 is 2.13 bits per heavy atom. The highest BCUT2D eigenvalue weighted by atomic mass is 16.5. The van der Waals surface area contributed by atoms with Gasteiger partial charge in [-0.15, -0.1) is 0 Å². The molecule has 0 saturated heterocycles. The van der Waals surface area contributed by atoms with E-state index in [0.717, 1.165) is 86.5 Å². The number of carbonyl (C=O) groups is 1. The monoisotopic (exact) mass is 535 g/mol. The molecule has 2 aliphatic heterocycles. The third kappa shape index (κ3) is 6.09. The largest absolute Gasteiger partial charge is 0.493 e. The van der Waals surface area contributed by atoms with E-state index in [4.69, 9.17) is 14.5 Å². The number of nitrogens with zero attached hydrogens (tertiary/aromatic N) is 2. The lowest BCUT2D eigenvalue weighted by Crippen LogP contribution is -2.39.